The highest BCUT2D eigenvalue weighted by Crippen LogP contribution is 2.09. The number of methoxy groups -OCH3 is 2. The molecule has 1 amide bonds. The topological polar surface area (TPSA) is 97.4 Å². The third kappa shape index (κ3) is 5.14. The van der Waals surface area contributed by atoms with Gasteiger partial charge in [-0.3, -0.25) is 14.7 Å². The van der Waals surface area contributed by atoms with Crippen LogP contribution >= 0.6 is 0 Å². The molecule has 1 rings (SSSR count). The van der Waals surface area contributed by atoms with Crippen molar-refractivity contribution < 1.29 is 19.1 Å². The van der Waals surface area contributed by atoms with Gasteiger partial charge in [-0.2, -0.15) is 0 Å². The number of aromatic nitrogens is 3. The van der Waals surface area contributed by atoms with Gasteiger partial charge in [0.15, 0.2) is 0 Å². The lowest BCUT2D eigenvalue weighted by molar-refractivity contribution is -0.140. The predicted molar refractivity (Wildman–Crippen MR) is 74.9 cm³/mol. The Hall–Kier alpha value is -1.96. The van der Waals surface area contributed by atoms with Crippen molar-refractivity contribution in [3.05, 3.63) is 11.6 Å². The van der Waals surface area contributed by atoms with Gasteiger partial charge in [0.05, 0.1) is 20.1 Å². The number of hydrogen-bond donors (Lipinski definition) is 1. The second-order valence-electron chi connectivity index (χ2n) is 4.81. The van der Waals surface area contributed by atoms with Crippen molar-refractivity contribution >= 4 is 11.9 Å². The van der Waals surface area contributed by atoms with Crippen LogP contribution in [0.4, 0.5) is 0 Å². The molecule has 0 aliphatic carbocycles. The second-order valence-corrected chi connectivity index (χ2v) is 4.81. The second kappa shape index (κ2) is 8.35. The number of amides is 1. The van der Waals surface area contributed by atoms with Crippen molar-refractivity contribution in [1.29, 1.82) is 0 Å². The van der Waals surface area contributed by atoms with E-state index in [9.17, 15) is 9.59 Å². The number of carbonyl (C=O) groups is 2. The summed E-state index contributed by atoms with van der Waals surface area (Å²) in [4.78, 5) is 29.2. The van der Waals surface area contributed by atoms with Crippen LogP contribution < -0.4 is 0 Å². The number of esters is 1. The maximum atomic E-state index is 12.4. The van der Waals surface area contributed by atoms with Crippen molar-refractivity contribution in [2.75, 3.05) is 33.9 Å². The van der Waals surface area contributed by atoms with Gasteiger partial charge in [-0.15, -0.1) is 5.10 Å². The summed E-state index contributed by atoms with van der Waals surface area (Å²) in [7, 11) is 2.86. The third-order valence-electron chi connectivity index (χ3n) is 2.91. The Balaban J connectivity index is 2.75. The van der Waals surface area contributed by atoms with Crippen molar-refractivity contribution in [2.45, 2.75) is 26.2 Å². The Bertz CT molecular complexity index is 472. The molecule has 8 nitrogen and oxygen atoms in total. The molecule has 0 spiro atoms. The van der Waals surface area contributed by atoms with E-state index in [1.807, 2.05) is 13.8 Å². The maximum Gasteiger partial charge on any atom is 0.307 e. The number of rotatable bonds is 8. The molecule has 0 fully saturated rings. The minimum atomic E-state index is -0.372. The Kier molecular flexibility index (Phi) is 6.80. The van der Waals surface area contributed by atoms with Crippen LogP contribution in [0.5, 0.6) is 0 Å². The molecular weight excluding hydrogens is 276 g/mol. The van der Waals surface area contributed by atoms with E-state index in [-0.39, 0.29) is 36.6 Å². The first-order chi connectivity index (χ1) is 9.99. The van der Waals surface area contributed by atoms with Crippen molar-refractivity contribution in [3.63, 3.8) is 0 Å². The van der Waals surface area contributed by atoms with Gasteiger partial charge < -0.3 is 14.4 Å². The fraction of sp³-hybridized carbons (Fsp3) is 0.692. The van der Waals surface area contributed by atoms with Gasteiger partial charge in [-0.1, -0.05) is 13.8 Å². The summed E-state index contributed by atoms with van der Waals surface area (Å²) in [6.45, 7) is 4.87. The van der Waals surface area contributed by atoms with Crippen LogP contribution in [0.3, 0.4) is 0 Å². The zero-order valence-corrected chi connectivity index (χ0v) is 12.9. The Morgan fingerprint density at radius 2 is 2.00 bits per heavy atom. The van der Waals surface area contributed by atoms with Crippen LogP contribution in [-0.4, -0.2) is 65.9 Å². The van der Waals surface area contributed by atoms with E-state index in [4.69, 9.17) is 4.74 Å². The Labute approximate surface area is 123 Å². The standard InChI is InChI=1S/C13H22N4O4/c1-9(2)11-14-12(16-15-11)13(19)17(7-8-20-3)6-5-10(18)21-4/h9H,5-8H2,1-4H3,(H,14,15,16). The van der Waals surface area contributed by atoms with Crippen molar-refractivity contribution in [2.24, 2.45) is 0 Å². The molecule has 0 aliphatic rings. The summed E-state index contributed by atoms with van der Waals surface area (Å²) in [5, 5.41) is 6.67. The average Bonchev–Trinajstić information content (AvgIpc) is 2.96. The van der Waals surface area contributed by atoms with Crippen molar-refractivity contribution in [3.8, 4) is 0 Å². The molecule has 0 aromatic carbocycles. The number of aromatic amines is 1. The highest BCUT2D eigenvalue weighted by atomic mass is 16.5. The molecule has 1 heterocycles. The quantitative estimate of drug-likeness (QED) is 0.705. The fourth-order valence-electron chi connectivity index (χ4n) is 1.61. The van der Waals surface area contributed by atoms with E-state index in [0.29, 0.717) is 19.0 Å². The SMILES string of the molecule is COCCN(CCC(=O)OC)C(=O)c1n[nH]c(C(C)C)n1. The van der Waals surface area contributed by atoms with Gasteiger partial charge in [0.25, 0.3) is 5.91 Å². The molecule has 0 aliphatic heterocycles. The smallest absolute Gasteiger partial charge is 0.307 e. The minimum absolute atomic E-state index is 0.0969. The molecule has 0 saturated carbocycles. The lowest BCUT2D eigenvalue weighted by Crippen LogP contribution is -2.36. The normalized spacial score (nSPS) is 10.7. The average molecular weight is 298 g/mol. The summed E-state index contributed by atoms with van der Waals surface area (Å²) in [6, 6.07) is 0. The molecular formula is C13H22N4O4. The monoisotopic (exact) mass is 298 g/mol. The molecule has 1 N–H and O–H groups in total. The molecule has 118 valence electrons. The number of carbonyl (C=O) groups excluding carboxylic acids is 2. The third-order valence-corrected chi connectivity index (χ3v) is 2.91. The Morgan fingerprint density at radius 3 is 2.52 bits per heavy atom. The summed E-state index contributed by atoms with van der Waals surface area (Å²) in [5.74, 6) is 0.196. The molecule has 0 atom stereocenters. The van der Waals surface area contributed by atoms with Gasteiger partial charge in [0, 0.05) is 26.1 Å². The largest absolute Gasteiger partial charge is 0.469 e. The van der Waals surface area contributed by atoms with E-state index in [2.05, 4.69) is 19.9 Å². The van der Waals surface area contributed by atoms with E-state index >= 15 is 0 Å². The van der Waals surface area contributed by atoms with E-state index in [1.54, 1.807) is 7.11 Å². The van der Waals surface area contributed by atoms with Crippen LogP contribution in [0.1, 0.15) is 42.6 Å². The number of hydrogen-bond acceptors (Lipinski definition) is 6. The first-order valence-corrected chi connectivity index (χ1v) is 6.76. The summed E-state index contributed by atoms with van der Waals surface area (Å²) >= 11 is 0. The number of H-pyrrole nitrogens is 1. The van der Waals surface area contributed by atoms with Gasteiger partial charge >= 0.3 is 5.97 Å². The van der Waals surface area contributed by atoms with Gasteiger partial charge in [0.1, 0.15) is 5.82 Å². The first-order valence-electron chi connectivity index (χ1n) is 6.76. The van der Waals surface area contributed by atoms with E-state index in [0.717, 1.165) is 0 Å². The van der Waals surface area contributed by atoms with Crippen LogP contribution in [0.15, 0.2) is 0 Å². The highest BCUT2D eigenvalue weighted by molar-refractivity contribution is 5.90. The Morgan fingerprint density at radius 1 is 1.29 bits per heavy atom. The number of nitrogens with zero attached hydrogens (tertiary/aromatic N) is 3. The maximum absolute atomic E-state index is 12.4. The van der Waals surface area contributed by atoms with Crippen molar-refractivity contribution in [1.82, 2.24) is 20.1 Å². The van der Waals surface area contributed by atoms with Crippen LogP contribution in [-0.2, 0) is 14.3 Å². The molecule has 0 unspecified atom stereocenters. The fourth-order valence-corrected chi connectivity index (χ4v) is 1.61. The van der Waals surface area contributed by atoms with Crippen LogP contribution in [0.25, 0.3) is 0 Å². The van der Waals surface area contributed by atoms with E-state index < -0.39 is 0 Å². The number of ether oxygens (including phenoxy) is 2. The summed E-state index contributed by atoms with van der Waals surface area (Å²) in [5.41, 5.74) is 0. The van der Waals surface area contributed by atoms with Crippen LogP contribution in [0, 0.1) is 0 Å². The highest BCUT2D eigenvalue weighted by Gasteiger charge is 2.21. The molecule has 21 heavy (non-hydrogen) atoms. The lowest BCUT2D eigenvalue weighted by Gasteiger charge is -2.20. The predicted octanol–water partition coefficient (Wildman–Crippen LogP) is 0.580. The zero-order valence-electron chi connectivity index (χ0n) is 12.9. The molecule has 0 radical (unpaired) electrons. The molecule has 8 heteroatoms. The molecule has 0 saturated heterocycles. The van der Waals surface area contributed by atoms with Gasteiger partial charge in [-0.05, 0) is 0 Å². The number of nitrogens with one attached hydrogen (secondary N) is 1. The zero-order chi connectivity index (χ0) is 15.8. The molecule has 1 aromatic rings. The molecule has 0 bridgehead atoms. The first kappa shape index (κ1) is 17.1. The van der Waals surface area contributed by atoms with E-state index in [1.165, 1.54) is 12.0 Å². The van der Waals surface area contributed by atoms with Gasteiger partial charge in [0.2, 0.25) is 5.82 Å². The van der Waals surface area contributed by atoms with Gasteiger partial charge in [-0.25, -0.2) is 4.98 Å². The minimum Gasteiger partial charge on any atom is -0.469 e. The van der Waals surface area contributed by atoms with Crippen LogP contribution in [0.2, 0.25) is 0 Å². The lowest BCUT2D eigenvalue weighted by atomic mass is 10.2. The summed E-state index contributed by atoms with van der Waals surface area (Å²) < 4.78 is 9.56. The molecule has 1 aromatic heterocycles. The summed E-state index contributed by atoms with van der Waals surface area (Å²) in [6.07, 6.45) is 0.118.